The molecule has 4 nitrogen and oxygen atoms in total. The van der Waals surface area contributed by atoms with Crippen LogP contribution in [0.1, 0.15) is 174 Å². The zero-order chi connectivity index (χ0) is 27.2. The van der Waals surface area contributed by atoms with Crippen molar-refractivity contribution in [3.63, 3.8) is 0 Å². The van der Waals surface area contributed by atoms with Crippen molar-refractivity contribution in [1.29, 1.82) is 0 Å². The van der Waals surface area contributed by atoms with Crippen molar-refractivity contribution in [1.82, 2.24) is 5.32 Å². The quantitative estimate of drug-likeness (QED) is 0.0676. The minimum Gasteiger partial charge on any atom is -0.394 e. The van der Waals surface area contributed by atoms with Crippen LogP contribution in [0.5, 0.6) is 0 Å². The van der Waals surface area contributed by atoms with Gasteiger partial charge >= 0.3 is 0 Å². The third-order valence-corrected chi connectivity index (χ3v) is 7.52. The Bertz CT molecular complexity index is 494. The van der Waals surface area contributed by atoms with Gasteiger partial charge in [-0.05, 0) is 19.3 Å². The van der Waals surface area contributed by atoms with Gasteiger partial charge in [0.25, 0.3) is 0 Å². The monoisotopic (exact) mass is 523 g/mol. The van der Waals surface area contributed by atoms with E-state index in [1.54, 1.807) is 6.08 Å². The average Bonchev–Trinajstić information content (AvgIpc) is 2.90. The second kappa shape index (κ2) is 29.7. The maximum absolute atomic E-state index is 12.2. The first kappa shape index (κ1) is 36.1. The van der Waals surface area contributed by atoms with Crippen LogP contribution in [0.2, 0.25) is 0 Å². The van der Waals surface area contributed by atoms with E-state index in [0.717, 1.165) is 25.7 Å². The SMILES string of the molecule is CCCCCCCCC/C=C/[C@@H](O)[C@H](CO)NC(=O)CCCCCCCCCCCCCCCCCC. The minimum absolute atomic E-state index is 0.0658. The van der Waals surface area contributed by atoms with Crippen molar-refractivity contribution in [3.8, 4) is 0 Å². The Morgan fingerprint density at radius 2 is 1.00 bits per heavy atom. The summed E-state index contributed by atoms with van der Waals surface area (Å²) in [4.78, 5) is 12.2. The van der Waals surface area contributed by atoms with Gasteiger partial charge in [0.2, 0.25) is 5.91 Å². The first-order chi connectivity index (χ1) is 18.2. The molecule has 0 aliphatic heterocycles. The van der Waals surface area contributed by atoms with Crippen LogP contribution < -0.4 is 5.32 Å². The van der Waals surface area contributed by atoms with Crippen molar-refractivity contribution in [2.24, 2.45) is 0 Å². The number of aliphatic hydroxyl groups is 2. The molecule has 0 rings (SSSR count). The van der Waals surface area contributed by atoms with Gasteiger partial charge in [-0.1, -0.05) is 161 Å². The number of rotatable bonds is 29. The van der Waals surface area contributed by atoms with E-state index in [-0.39, 0.29) is 12.5 Å². The van der Waals surface area contributed by atoms with Gasteiger partial charge < -0.3 is 15.5 Å². The van der Waals surface area contributed by atoms with Gasteiger partial charge in [0.15, 0.2) is 0 Å². The summed E-state index contributed by atoms with van der Waals surface area (Å²) in [5, 5.41) is 22.7. The van der Waals surface area contributed by atoms with Crippen molar-refractivity contribution in [2.45, 2.75) is 187 Å². The lowest BCUT2D eigenvalue weighted by molar-refractivity contribution is -0.123. The molecular formula is C33H65NO3. The van der Waals surface area contributed by atoms with Crippen LogP contribution in [0.25, 0.3) is 0 Å². The largest absolute Gasteiger partial charge is 0.394 e. The van der Waals surface area contributed by atoms with E-state index in [0.29, 0.717) is 6.42 Å². The molecule has 0 bridgehead atoms. The number of unbranched alkanes of at least 4 members (excludes halogenated alkanes) is 22. The zero-order valence-electron chi connectivity index (χ0n) is 25.0. The van der Waals surface area contributed by atoms with Crippen LogP contribution in [0.15, 0.2) is 12.2 Å². The summed E-state index contributed by atoms with van der Waals surface area (Å²) in [6.07, 6.45) is 34.3. The molecule has 0 heterocycles. The molecule has 0 radical (unpaired) electrons. The number of amides is 1. The topological polar surface area (TPSA) is 69.6 Å². The lowest BCUT2D eigenvalue weighted by atomic mass is 10.0. The summed E-state index contributed by atoms with van der Waals surface area (Å²) in [7, 11) is 0. The molecule has 0 aliphatic rings. The highest BCUT2D eigenvalue weighted by molar-refractivity contribution is 5.76. The zero-order valence-corrected chi connectivity index (χ0v) is 25.0. The van der Waals surface area contributed by atoms with Crippen LogP contribution in [0.4, 0.5) is 0 Å². The number of allylic oxidation sites excluding steroid dienone is 1. The standard InChI is InChI=1S/C33H65NO3/c1-3-5-7-9-11-13-14-15-16-17-18-19-21-23-25-27-29-33(37)34-31(30-35)32(36)28-26-24-22-20-12-10-8-6-4-2/h26,28,31-32,35-36H,3-25,27,29-30H2,1-2H3,(H,34,37)/b28-26+/t31-,32+/m0/s1. The summed E-state index contributed by atoms with van der Waals surface area (Å²) in [5.41, 5.74) is 0. The lowest BCUT2D eigenvalue weighted by Crippen LogP contribution is -2.45. The van der Waals surface area contributed by atoms with Crippen LogP contribution in [-0.4, -0.2) is 34.9 Å². The average molecular weight is 524 g/mol. The highest BCUT2D eigenvalue weighted by atomic mass is 16.3. The fourth-order valence-electron chi connectivity index (χ4n) is 4.94. The number of aliphatic hydroxyl groups excluding tert-OH is 2. The molecule has 3 N–H and O–H groups in total. The molecule has 1 amide bonds. The summed E-state index contributed by atoms with van der Waals surface area (Å²) in [5.74, 6) is -0.0658. The molecule has 4 heteroatoms. The maximum Gasteiger partial charge on any atom is 0.220 e. The second-order valence-corrected chi connectivity index (χ2v) is 11.2. The molecule has 0 saturated carbocycles. The van der Waals surface area contributed by atoms with Gasteiger partial charge in [0.05, 0.1) is 18.8 Å². The highest BCUT2D eigenvalue weighted by Gasteiger charge is 2.17. The third kappa shape index (κ3) is 26.5. The number of hydrogen-bond acceptors (Lipinski definition) is 3. The Kier molecular flexibility index (Phi) is 29.0. The van der Waals surface area contributed by atoms with E-state index >= 15 is 0 Å². The molecule has 0 aromatic rings. The normalized spacial score (nSPS) is 13.3. The molecule has 0 saturated heterocycles. The van der Waals surface area contributed by atoms with Crippen LogP contribution in [-0.2, 0) is 4.79 Å². The summed E-state index contributed by atoms with van der Waals surface area (Å²) < 4.78 is 0. The van der Waals surface area contributed by atoms with Crippen LogP contribution in [0, 0.1) is 0 Å². The van der Waals surface area contributed by atoms with Crippen LogP contribution >= 0.6 is 0 Å². The van der Waals surface area contributed by atoms with E-state index in [4.69, 9.17) is 0 Å². The number of carbonyl (C=O) groups excluding carboxylic acids is 1. The number of nitrogens with one attached hydrogen (secondary N) is 1. The van der Waals surface area contributed by atoms with E-state index < -0.39 is 12.1 Å². The van der Waals surface area contributed by atoms with E-state index in [2.05, 4.69) is 19.2 Å². The van der Waals surface area contributed by atoms with Crippen molar-refractivity contribution >= 4 is 5.91 Å². The van der Waals surface area contributed by atoms with Gasteiger partial charge in [-0.15, -0.1) is 0 Å². The Morgan fingerprint density at radius 1 is 0.622 bits per heavy atom. The van der Waals surface area contributed by atoms with Crippen molar-refractivity contribution in [3.05, 3.63) is 12.2 Å². The van der Waals surface area contributed by atoms with Gasteiger partial charge in [0, 0.05) is 6.42 Å². The molecule has 37 heavy (non-hydrogen) atoms. The van der Waals surface area contributed by atoms with Gasteiger partial charge in [-0.2, -0.15) is 0 Å². The van der Waals surface area contributed by atoms with Crippen molar-refractivity contribution < 1.29 is 15.0 Å². The molecule has 0 spiro atoms. The molecule has 0 aliphatic carbocycles. The Labute approximate surface area is 231 Å². The second-order valence-electron chi connectivity index (χ2n) is 11.2. The minimum atomic E-state index is -0.829. The van der Waals surface area contributed by atoms with E-state index in [1.165, 1.54) is 128 Å². The summed E-state index contributed by atoms with van der Waals surface area (Å²) >= 11 is 0. The van der Waals surface area contributed by atoms with E-state index in [1.807, 2.05) is 6.08 Å². The summed E-state index contributed by atoms with van der Waals surface area (Å²) in [6.45, 7) is 4.27. The smallest absolute Gasteiger partial charge is 0.220 e. The Balaban J connectivity index is 3.58. The van der Waals surface area contributed by atoms with Gasteiger partial charge in [-0.3, -0.25) is 4.79 Å². The Morgan fingerprint density at radius 3 is 1.41 bits per heavy atom. The lowest BCUT2D eigenvalue weighted by Gasteiger charge is -2.20. The first-order valence-corrected chi connectivity index (χ1v) is 16.4. The molecule has 220 valence electrons. The number of hydrogen-bond donors (Lipinski definition) is 3. The Hall–Kier alpha value is -0.870. The molecule has 0 aromatic heterocycles. The third-order valence-electron chi connectivity index (χ3n) is 7.52. The fraction of sp³-hybridized carbons (Fsp3) is 0.909. The van der Waals surface area contributed by atoms with Gasteiger partial charge in [0.1, 0.15) is 0 Å². The molecular weight excluding hydrogens is 458 g/mol. The predicted molar refractivity (Wildman–Crippen MR) is 161 cm³/mol. The molecule has 0 fully saturated rings. The van der Waals surface area contributed by atoms with Crippen LogP contribution in [0.3, 0.4) is 0 Å². The highest BCUT2D eigenvalue weighted by Crippen LogP contribution is 2.14. The van der Waals surface area contributed by atoms with Crippen molar-refractivity contribution in [2.75, 3.05) is 6.61 Å². The van der Waals surface area contributed by atoms with Gasteiger partial charge in [-0.25, -0.2) is 0 Å². The predicted octanol–water partition coefficient (Wildman–Crippen LogP) is 9.17. The number of carbonyl (C=O) groups is 1. The maximum atomic E-state index is 12.2. The van der Waals surface area contributed by atoms with E-state index in [9.17, 15) is 15.0 Å². The summed E-state index contributed by atoms with van der Waals surface area (Å²) in [6, 6.07) is -0.612. The fourth-order valence-corrected chi connectivity index (χ4v) is 4.94. The molecule has 2 atom stereocenters. The molecule has 0 aromatic carbocycles. The molecule has 0 unspecified atom stereocenters. The first-order valence-electron chi connectivity index (χ1n) is 16.4.